The van der Waals surface area contributed by atoms with Crippen LogP contribution < -0.4 is 5.32 Å². The van der Waals surface area contributed by atoms with Crippen molar-refractivity contribution >= 4 is 25.1 Å². The zero-order valence-electron chi connectivity index (χ0n) is 14.9. The molecule has 1 aromatic heterocycles. The predicted octanol–water partition coefficient (Wildman–Crippen LogP) is 3.47. The number of aryl methyl sites for hydroxylation is 1. The fraction of sp³-hybridized carbons (Fsp3) is 0.529. The zero-order valence-corrected chi connectivity index (χ0v) is 15.9. The Balaban J connectivity index is 1.99. The molecule has 7 heteroatoms. The van der Waals surface area contributed by atoms with Gasteiger partial charge >= 0.3 is 6.09 Å². The molecule has 0 radical (unpaired) electrons. The van der Waals surface area contributed by atoms with Crippen molar-refractivity contribution in [2.24, 2.45) is 0 Å². The smallest absolute Gasteiger partial charge is 0.404 e. The summed E-state index contributed by atoms with van der Waals surface area (Å²) in [5, 5.41) is 16.7. The normalized spacial score (nSPS) is 11.8. The van der Waals surface area contributed by atoms with E-state index in [0.717, 1.165) is 34.7 Å². The van der Waals surface area contributed by atoms with E-state index >= 15 is 0 Å². The first-order chi connectivity index (χ1) is 11.2. The summed E-state index contributed by atoms with van der Waals surface area (Å²) < 4.78 is 7.58. The SMILES string of the molecule is Cc1cc(CCNC(=O)O)cc2cn(COCC[Si](C)(C)C)nc12. The van der Waals surface area contributed by atoms with E-state index in [1.165, 1.54) is 0 Å². The average molecular weight is 350 g/mol. The van der Waals surface area contributed by atoms with Gasteiger partial charge in [0.25, 0.3) is 0 Å². The number of nitrogens with zero attached hydrogens (tertiary/aromatic N) is 2. The molecular weight excluding hydrogens is 322 g/mol. The number of rotatable bonds is 8. The average Bonchev–Trinajstić information content (AvgIpc) is 2.86. The lowest BCUT2D eigenvalue weighted by Crippen LogP contribution is -2.23. The second-order valence-electron chi connectivity index (χ2n) is 7.35. The maximum atomic E-state index is 10.5. The Labute approximate surface area is 143 Å². The zero-order chi connectivity index (χ0) is 17.7. The van der Waals surface area contributed by atoms with Gasteiger partial charge in [0.2, 0.25) is 0 Å². The first kappa shape index (κ1) is 18.5. The van der Waals surface area contributed by atoms with Crippen LogP contribution in [0.5, 0.6) is 0 Å². The van der Waals surface area contributed by atoms with Gasteiger partial charge in [0.1, 0.15) is 6.73 Å². The molecule has 0 saturated carbocycles. The fourth-order valence-electron chi connectivity index (χ4n) is 2.50. The van der Waals surface area contributed by atoms with Crippen molar-refractivity contribution in [1.29, 1.82) is 0 Å². The van der Waals surface area contributed by atoms with Crippen molar-refractivity contribution in [3.05, 3.63) is 29.5 Å². The highest BCUT2D eigenvalue weighted by molar-refractivity contribution is 6.76. The third-order valence-corrected chi connectivity index (χ3v) is 5.52. The van der Waals surface area contributed by atoms with Gasteiger partial charge in [-0.2, -0.15) is 5.10 Å². The Kier molecular flexibility index (Phi) is 6.01. The molecule has 1 aromatic carbocycles. The summed E-state index contributed by atoms with van der Waals surface area (Å²) in [5.74, 6) is 0. The van der Waals surface area contributed by atoms with Gasteiger partial charge in [0.15, 0.2) is 0 Å². The van der Waals surface area contributed by atoms with Crippen LogP contribution in [0, 0.1) is 6.92 Å². The fourth-order valence-corrected chi connectivity index (χ4v) is 3.25. The standard InChI is InChI=1S/C17H27N3O3Si/c1-13-9-14(5-6-18-17(21)22)10-15-11-20(19-16(13)15)12-23-7-8-24(2,3)4/h9-11,18H,5-8,12H2,1-4H3,(H,21,22). The molecule has 0 spiro atoms. The number of nitrogens with one attached hydrogen (secondary N) is 1. The molecule has 0 aliphatic rings. The van der Waals surface area contributed by atoms with E-state index in [1.54, 1.807) is 0 Å². The van der Waals surface area contributed by atoms with Gasteiger partial charge in [-0.1, -0.05) is 25.7 Å². The van der Waals surface area contributed by atoms with Gasteiger partial charge in [-0.25, -0.2) is 9.48 Å². The van der Waals surface area contributed by atoms with Crippen LogP contribution in [0.4, 0.5) is 4.79 Å². The van der Waals surface area contributed by atoms with Gasteiger partial charge in [-0.3, -0.25) is 0 Å². The van der Waals surface area contributed by atoms with Crippen LogP contribution in [0.3, 0.4) is 0 Å². The number of ether oxygens (including phenoxy) is 1. The van der Waals surface area contributed by atoms with Gasteiger partial charge in [0.05, 0.1) is 5.52 Å². The number of aromatic nitrogens is 2. The molecule has 0 bridgehead atoms. The summed E-state index contributed by atoms with van der Waals surface area (Å²) in [6.45, 7) is 10.7. The van der Waals surface area contributed by atoms with Crippen molar-refractivity contribution in [2.75, 3.05) is 13.2 Å². The van der Waals surface area contributed by atoms with Crippen molar-refractivity contribution in [3.8, 4) is 0 Å². The molecule has 0 atom stereocenters. The lowest BCUT2D eigenvalue weighted by atomic mass is 10.1. The molecule has 2 N–H and O–H groups in total. The molecule has 132 valence electrons. The Morgan fingerprint density at radius 1 is 1.38 bits per heavy atom. The Morgan fingerprint density at radius 2 is 2.12 bits per heavy atom. The number of hydrogen-bond donors (Lipinski definition) is 2. The minimum atomic E-state index is -1.07. The summed E-state index contributed by atoms with van der Waals surface area (Å²) in [6.07, 6.45) is 1.67. The molecule has 0 aliphatic carbocycles. The van der Waals surface area contributed by atoms with Crippen molar-refractivity contribution in [2.45, 2.75) is 45.8 Å². The molecule has 24 heavy (non-hydrogen) atoms. The lowest BCUT2D eigenvalue weighted by molar-refractivity contribution is 0.0791. The minimum absolute atomic E-state index is 0.411. The maximum absolute atomic E-state index is 10.5. The third kappa shape index (κ3) is 5.65. The molecule has 2 aromatic rings. The summed E-state index contributed by atoms with van der Waals surface area (Å²) >= 11 is 0. The minimum Gasteiger partial charge on any atom is -0.465 e. The van der Waals surface area contributed by atoms with Crippen LogP contribution in [-0.2, 0) is 17.9 Å². The Hall–Kier alpha value is -1.86. The van der Waals surface area contributed by atoms with Crippen LogP contribution in [0.25, 0.3) is 10.9 Å². The third-order valence-electron chi connectivity index (χ3n) is 3.82. The van der Waals surface area contributed by atoms with Crippen LogP contribution >= 0.6 is 0 Å². The molecule has 1 amide bonds. The van der Waals surface area contributed by atoms with Gasteiger partial charge in [-0.15, -0.1) is 0 Å². The van der Waals surface area contributed by atoms with Crippen molar-refractivity contribution in [3.63, 3.8) is 0 Å². The van der Waals surface area contributed by atoms with Crippen LogP contribution in [0.15, 0.2) is 18.3 Å². The highest BCUT2D eigenvalue weighted by Crippen LogP contribution is 2.20. The number of amides is 1. The van der Waals surface area contributed by atoms with Crippen molar-refractivity contribution in [1.82, 2.24) is 15.1 Å². The lowest BCUT2D eigenvalue weighted by Gasteiger charge is -2.15. The quantitative estimate of drug-likeness (QED) is 0.565. The maximum Gasteiger partial charge on any atom is 0.404 e. The molecule has 6 nitrogen and oxygen atoms in total. The van der Waals surface area contributed by atoms with E-state index in [4.69, 9.17) is 9.84 Å². The second kappa shape index (κ2) is 7.81. The topological polar surface area (TPSA) is 76.4 Å². The van der Waals surface area contributed by atoms with Crippen LogP contribution in [0.1, 0.15) is 11.1 Å². The first-order valence-corrected chi connectivity index (χ1v) is 12.0. The van der Waals surface area contributed by atoms with E-state index in [-0.39, 0.29) is 0 Å². The van der Waals surface area contributed by atoms with E-state index in [0.29, 0.717) is 19.7 Å². The van der Waals surface area contributed by atoms with Crippen LogP contribution in [-0.4, -0.2) is 42.2 Å². The molecule has 0 saturated heterocycles. The summed E-state index contributed by atoms with van der Waals surface area (Å²) in [4.78, 5) is 10.5. The number of fused-ring (bicyclic) bond motifs is 1. The highest BCUT2D eigenvalue weighted by atomic mass is 28.3. The summed E-state index contributed by atoms with van der Waals surface area (Å²) in [6, 6.07) is 5.28. The highest BCUT2D eigenvalue weighted by Gasteiger charge is 2.12. The molecule has 0 aliphatic heterocycles. The van der Waals surface area contributed by atoms with E-state index in [2.05, 4.69) is 42.2 Å². The number of benzene rings is 1. The Morgan fingerprint density at radius 3 is 2.79 bits per heavy atom. The number of carboxylic acid groups (broad SMARTS) is 1. The second-order valence-corrected chi connectivity index (χ2v) is 13.0. The molecule has 0 fully saturated rings. The van der Waals surface area contributed by atoms with Gasteiger partial charge in [0, 0.05) is 32.8 Å². The number of hydrogen-bond acceptors (Lipinski definition) is 3. The molecule has 1 heterocycles. The van der Waals surface area contributed by atoms with Gasteiger partial charge < -0.3 is 15.2 Å². The Bertz CT molecular complexity index is 707. The van der Waals surface area contributed by atoms with E-state index < -0.39 is 14.2 Å². The molecule has 2 rings (SSSR count). The molecular formula is C17H27N3O3Si. The number of carbonyl (C=O) groups is 1. The van der Waals surface area contributed by atoms with E-state index in [1.807, 2.05) is 17.8 Å². The van der Waals surface area contributed by atoms with Gasteiger partial charge in [-0.05, 0) is 36.6 Å². The largest absolute Gasteiger partial charge is 0.465 e. The molecule has 0 unspecified atom stereocenters. The predicted molar refractivity (Wildman–Crippen MR) is 98.3 cm³/mol. The monoisotopic (exact) mass is 349 g/mol. The summed E-state index contributed by atoms with van der Waals surface area (Å²) in [7, 11) is -1.07. The van der Waals surface area contributed by atoms with E-state index in [9.17, 15) is 4.79 Å². The summed E-state index contributed by atoms with van der Waals surface area (Å²) in [5.41, 5.74) is 3.17. The van der Waals surface area contributed by atoms with Crippen LogP contribution in [0.2, 0.25) is 25.7 Å². The van der Waals surface area contributed by atoms with Crippen molar-refractivity contribution < 1.29 is 14.6 Å². The first-order valence-electron chi connectivity index (χ1n) is 8.26.